The van der Waals surface area contributed by atoms with Crippen molar-refractivity contribution in [1.82, 2.24) is 0 Å². The van der Waals surface area contributed by atoms with Gasteiger partial charge in [-0.2, -0.15) is 0 Å². The van der Waals surface area contributed by atoms with Gasteiger partial charge in [-0.1, -0.05) is 23.5 Å². The molecule has 0 aliphatic carbocycles. The largest absolute Gasteiger partial charge is 0.493 e. The van der Waals surface area contributed by atoms with Gasteiger partial charge >= 0.3 is 5.00 Å². The molecule has 0 bridgehead atoms. The van der Waals surface area contributed by atoms with Crippen molar-refractivity contribution in [3.8, 4) is 34.5 Å². The highest BCUT2D eigenvalue weighted by molar-refractivity contribution is 7.15. The number of hydrogen-bond donors (Lipinski definition) is 0. The molecular formula is C26H29NO8S. The molecule has 0 fully saturated rings. The highest BCUT2D eigenvalue weighted by atomic mass is 32.1. The number of thiophene rings is 1. The number of hydrogen-bond acceptors (Lipinski definition) is 9. The normalized spacial score (nSPS) is 11.0. The number of nitrogens with zero attached hydrogens (tertiary/aromatic N) is 1. The van der Waals surface area contributed by atoms with Gasteiger partial charge in [-0.25, -0.2) is 0 Å². The van der Waals surface area contributed by atoms with E-state index >= 15 is 0 Å². The van der Waals surface area contributed by atoms with E-state index in [4.69, 9.17) is 28.4 Å². The fraction of sp³-hybridized carbons (Fsp3) is 0.308. The van der Waals surface area contributed by atoms with Gasteiger partial charge in [-0.05, 0) is 49.7 Å². The molecule has 0 saturated carbocycles. The maximum atomic E-state index is 11.0. The fourth-order valence-corrected chi connectivity index (χ4v) is 4.15. The van der Waals surface area contributed by atoms with Crippen molar-refractivity contribution in [2.24, 2.45) is 0 Å². The number of nitro groups is 1. The lowest BCUT2D eigenvalue weighted by Gasteiger charge is -2.19. The van der Waals surface area contributed by atoms with Crippen molar-refractivity contribution in [2.75, 3.05) is 28.4 Å². The van der Waals surface area contributed by atoms with Crippen LogP contribution in [0.1, 0.15) is 29.9 Å². The van der Waals surface area contributed by atoms with Gasteiger partial charge in [0.15, 0.2) is 23.0 Å². The molecule has 0 saturated heterocycles. The second-order valence-electron chi connectivity index (χ2n) is 7.76. The lowest BCUT2D eigenvalue weighted by Crippen LogP contribution is -2.09. The Kier molecular flexibility index (Phi) is 9.02. The van der Waals surface area contributed by atoms with E-state index < -0.39 is 4.92 Å². The van der Waals surface area contributed by atoms with Crippen molar-refractivity contribution < 1.29 is 33.3 Å². The molecule has 10 heteroatoms. The summed E-state index contributed by atoms with van der Waals surface area (Å²) in [5.41, 5.74) is 1.58. The standard InChI is InChI=1S/C26H29NO8S/c1-16(2)35-24-18(8-7-17-13-21(31-4)25(33-6)22(14-17)32-5)9-11-20(30-3)26(24)34-15-19-10-12-23(36-19)27(28)29/h7-14,16H,15H2,1-6H3/b8-7-. The Balaban J connectivity index is 1.99. The zero-order valence-electron chi connectivity index (χ0n) is 21.0. The van der Waals surface area contributed by atoms with Crippen LogP contribution in [0, 0.1) is 10.1 Å². The van der Waals surface area contributed by atoms with Crippen LogP contribution in [0.15, 0.2) is 36.4 Å². The first kappa shape index (κ1) is 26.7. The lowest BCUT2D eigenvalue weighted by atomic mass is 10.1. The maximum absolute atomic E-state index is 11.0. The zero-order chi connectivity index (χ0) is 26.2. The first-order chi connectivity index (χ1) is 17.3. The monoisotopic (exact) mass is 515 g/mol. The third-order valence-electron chi connectivity index (χ3n) is 5.01. The molecule has 0 atom stereocenters. The molecule has 0 amide bonds. The number of rotatable bonds is 12. The maximum Gasteiger partial charge on any atom is 0.324 e. The SMILES string of the molecule is COc1cc(/C=C\c2ccc(OC)c(OCc3ccc([N+](=O)[O-])s3)c2OC(C)C)cc(OC)c1OC. The molecule has 2 aromatic carbocycles. The van der Waals surface area contributed by atoms with Crippen LogP contribution in [0.3, 0.4) is 0 Å². The summed E-state index contributed by atoms with van der Waals surface area (Å²) in [6.45, 7) is 3.96. The molecule has 1 aromatic heterocycles. The summed E-state index contributed by atoms with van der Waals surface area (Å²) in [4.78, 5) is 11.3. The van der Waals surface area contributed by atoms with Crippen molar-refractivity contribution in [1.29, 1.82) is 0 Å². The molecule has 0 aliphatic rings. The second kappa shape index (κ2) is 12.2. The van der Waals surface area contributed by atoms with Crippen molar-refractivity contribution in [3.05, 3.63) is 62.5 Å². The number of ether oxygens (including phenoxy) is 6. The van der Waals surface area contributed by atoms with Crippen molar-refractivity contribution in [2.45, 2.75) is 26.6 Å². The van der Waals surface area contributed by atoms with E-state index in [0.717, 1.165) is 22.5 Å². The average molecular weight is 516 g/mol. The second-order valence-corrected chi connectivity index (χ2v) is 8.91. The minimum Gasteiger partial charge on any atom is -0.493 e. The van der Waals surface area contributed by atoms with Gasteiger partial charge in [-0.3, -0.25) is 10.1 Å². The Morgan fingerprint density at radius 1 is 0.861 bits per heavy atom. The summed E-state index contributed by atoms with van der Waals surface area (Å²) in [7, 11) is 6.23. The molecule has 3 rings (SSSR count). The molecular weight excluding hydrogens is 486 g/mol. The van der Waals surface area contributed by atoms with Gasteiger partial charge in [0.05, 0.1) is 39.5 Å². The van der Waals surface area contributed by atoms with Crippen LogP contribution >= 0.6 is 11.3 Å². The average Bonchev–Trinajstić information content (AvgIpc) is 3.35. The summed E-state index contributed by atoms with van der Waals surface area (Å²) in [6.07, 6.45) is 3.64. The molecule has 0 unspecified atom stereocenters. The van der Waals surface area contributed by atoms with E-state index in [-0.39, 0.29) is 17.7 Å². The van der Waals surface area contributed by atoms with Crippen molar-refractivity contribution in [3.63, 3.8) is 0 Å². The van der Waals surface area contributed by atoms with Gasteiger partial charge in [0.1, 0.15) is 6.61 Å². The molecule has 192 valence electrons. The van der Waals surface area contributed by atoms with Crippen LogP contribution in [0.4, 0.5) is 5.00 Å². The van der Waals surface area contributed by atoms with E-state index in [0.29, 0.717) is 39.4 Å². The minimum absolute atomic E-state index is 0.0567. The summed E-state index contributed by atoms with van der Waals surface area (Å²) in [5, 5.41) is 11.1. The molecule has 0 aliphatic heterocycles. The topological polar surface area (TPSA) is 98.5 Å². The lowest BCUT2D eigenvalue weighted by molar-refractivity contribution is -0.380. The van der Waals surface area contributed by atoms with E-state index in [2.05, 4.69) is 0 Å². The molecule has 0 N–H and O–H groups in total. The van der Waals surface area contributed by atoms with Crippen LogP contribution in [-0.2, 0) is 6.61 Å². The van der Waals surface area contributed by atoms with Gasteiger partial charge in [0.25, 0.3) is 0 Å². The Morgan fingerprint density at radius 3 is 2.06 bits per heavy atom. The highest BCUT2D eigenvalue weighted by Crippen LogP contribution is 2.43. The van der Waals surface area contributed by atoms with Gasteiger partial charge in [0, 0.05) is 16.5 Å². The molecule has 0 spiro atoms. The number of methoxy groups -OCH3 is 4. The van der Waals surface area contributed by atoms with Crippen molar-refractivity contribution >= 4 is 28.5 Å². The quantitative estimate of drug-likeness (QED) is 0.159. The summed E-state index contributed by atoms with van der Waals surface area (Å²) >= 11 is 1.06. The first-order valence-electron chi connectivity index (χ1n) is 11.0. The van der Waals surface area contributed by atoms with E-state index in [1.807, 2.05) is 44.2 Å². The van der Waals surface area contributed by atoms with Gasteiger partial charge in [-0.15, -0.1) is 0 Å². The summed E-state index contributed by atoms with van der Waals surface area (Å²) in [6, 6.07) is 10.5. The van der Waals surface area contributed by atoms with Crippen LogP contribution in [0.25, 0.3) is 12.2 Å². The fourth-order valence-electron chi connectivity index (χ4n) is 3.41. The molecule has 9 nitrogen and oxygen atoms in total. The molecule has 3 aromatic rings. The van der Waals surface area contributed by atoms with E-state index in [9.17, 15) is 10.1 Å². The highest BCUT2D eigenvalue weighted by Gasteiger charge is 2.19. The third kappa shape index (κ3) is 6.19. The predicted molar refractivity (Wildman–Crippen MR) is 139 cm³/mol. The molecule has 36 heavy (non-hydrogen) atoms. The Morgan fingerprint density at radius 2 is 1.53 bits per heavy atom. The summed E-state index contributed by atoms with van der Waals surface area (Å²) in [5.74, 6) is 2.99. The third-order valence-corrected chi connectivity index (χ3v) is 6.02. The Labute approximate surface area is 213 Å². The smallest absolute Gasteiger partial charge is 0.324 e. The molecule has 0 radical (unpaired) electrons. The van der Waals surface area contributed by atoms with Crippen LogP contribution in [0.5, 0.6) is 34.5 Å². The van der Waals surface area contributed by atoms with Crippen LogP contribution in [-0.4, -0.2) is 39.5 Å². The number of benzene rings is 2. The van der Waals surface area contributed by atoms with E-state index in [1.54, 1.807) is 40.6 Å². The zero-order valence-corrected chi connectivity index (χ0v) is 21.8. The van der Waals surface area contributed by atoms with E-state index in [1.165, 1.54) is 6.07 Å². The Bertz CT molecular complexity index is 1210. The molecule has 1 heterocycles. The van der Waals surface area contributed by atoms with Gasteiger partial charge in [0.2, 0.25) is 11.5 Å². The predicted octanol–water partition coefficient (Wildman–Crippen LogP) is 6.23. The van der Waals surface area contributed by atoms with Gasteiger partial charge < -0.3 is 28.4 Å². The first-order valence-corrected chi connectivity index (χ1v) is 11.8. The van der Waals surface area contributed by atoms with Crippen LogP contribution in [0.2, 0.25) is 0 Å². The van der Waals surface area contributed by atoms with Crippen LogP contribution < -0.4 is 28.4 Å². The summed E-state index contributed by atoms with van der Waals surface area (Å²) < 4.78 is 34.0. The minimum atomic E-state index is -0.420. The Hall–Kier alpha value is -3.92.